The van der Waals surface area contributed by atoms with Crippen LogP contribution in [-0.4, -0.2) is 30.2 Å². The number of para-hydroxylation sites is 1. The number of hydrogen-bond donors (Lipinski definition) is 0. The summed E-state index contributed by atoms with van der Waals surface area (Å²) in [6.07, 6.45) is 4.60. The number of fused-ring (bicyclic) bond motifs is 2. The van der Waals surface area contributed by atoms with Gasteiger partial charge in [-0.2, -0.15) is 5.11 Å². The van der Waals surface area contributed by atoms with Crippen molar-refractivity contribution < 1.29 is 17.9 Å². The van der Waals surface area contributed by atoms with Crippen LogP contribution in [0.4, 0.5) is 24.5 Å². The standard InChI is InChI=1S/C30H26F3N5OS/c1-19(2)24-6-4-5-7-26(24)36-29(40-3)37-35-17-20-8-14-25-21(16-20)9-15-27-28(25)34-18-38(27)22-10-12-23(13-11-22)39-30(31,32)33/h4-19,27H,1-3H3/b20-17+,36-29-,37-35-. The minimum Gasteiger partial charge on any atom is -0.406 e. The third kappa shape index (κ3) is 6.17. The van der Waals surface area contributed by atoms with E-state index in [1.807, 2.05) is 59.7 Å². The van der Waals surface area contributed by atoms with E-state index in [4.69, 9.17) is 4.99 Å². The highest BCUT2D eigenvalue weighted by molar-refractivity contribution is 8.13. The van der Waals surface area contributed by atoms with Crippen molar-refractivity contribution in [2.75, 3.05) is 11.2 Å². The van der Waals surface area contributed by atoms with E-state index in [9.17, 15) is 13.2 Å². The molecule has 1 aliphatic carbocycles. The van der Waals surface area contributed by atoms with Crippen molar-refractivity contribution in [1.82, 2.24) is 0 Å². The Labute approximate surface area is 234 Å². The molecule has 0 aromatic heterocycles. The van der Waals surface area contributed by atoms with Gasteiger partial charge in [0.25, 0.3) is 0 Å². The predicted octanol–water partition coefficient (Wildman–Crippen LogP) is 7.00. The third-order valence-corrected chi connectivity index (χ3v) is 6.92. The summed E-state index contributed by atoms with van der Waals surface area (Å²) < 4.78 is 41.4. The third-order valence-electron chi connectivity index (χ3n) is 6.39. The molecule has 3 aromatic rings. The Kier molecular flexibility index (Phi) is 7.88. The average Bonchev–Trinajstić information content (AvgIpc) is 3.36. The van der Waals surface area contributed by atoms with Crippen molar-refractivity contribution in [3.05, 3.63) is 94.4 Å². The number of rotatable bonds is 5. The van der Waals surface area contributed by atoms with E-state index >= 15 is 0 Å². The molecular formula is C30H26F3N5OS. The second-order valence-electron chi connectivity index (χ2n) is 9.39. The molecule has 0 saturated heterocycles. The molecule has 0 N–H and O–H groups in total. The first kappa shape index (κ1) is 27.4. The summed E-state index contributed by atoms with van der Waals surface area (Å²) in [5, 5.41) is 11.0. The molecule has 2 aliphatic rings. The Bertz CT molecular complexity index is 1640. The SMILES string of the molecule is CSC(/N=N\C=c1/ccc2c(c1)C=CC1C=2N=CN1c1ccc(OC(F)(F)F)cc1)=N\c1ccccc1C(C)C. The van der Waals surface area contributed by atoms with Gasteiger partial charge in [-0.3, -0.25) is 0 Å². The number of azo groups is 1. The largest absolute Gasteiger partial charge is 0.573 e. The molecule has 1 heterocycles. The molecule has 40 heavy (non-hydrogen) atoms. The molecule has 10 heteroatoms. The summed E-state index contributed by atoms with van der Waals surface area (Å²) >= 11 is 1.43. The topological polar surface area (TPSA) is 61.9 Å². The van der Waals surface area contributed by atoms with Crippen molar-refractivity contribution in [3.63, 3.8) is 0 Å². The first-order valence-corrected chi connectivity index (χ1v) is 13.8. The van der Waals surface area contributed by atoms with Crippen LogP contribution in [0.25, 0.3) is 18.0 Å². The first-order chi connectivity index (χ1) is 19.2. The molecule has 0 saturated carbocycles. The monoisotopic (exact) mass is 561 g/mol. The van der Waals surface area contributed by atoms with E-state index in [1.165, 1.54) is 23.9 Å². The number of aliphatic imine (C=N–C) groups is 2. The fourth-order valence-electron chi connectivity index (χ4n) is 4.53. The number of anilines is 1. The van der Waals surface area contributed by atoms with Crippen molar-refractivity contribution in [1.29, 1.82) is 0 Å². The van der Waals surface area contributed by atoms with Gasteiger partial charge in [-0.15, -0.1) is 18.3 Å². The lowest BCUT2D eigenvalue weighted by Gasteiger charge is -2.24. The molecule has 3 aromatic carbocycles. The Hall–Kier alpha value is -4.18. The summed E-state index contributed by atoms with van der Waals surface area (Å²) in [4.78, 5) is 11.2. The van der Waals surface area contributed by atoms with Gasteiger partial charge in [0.2, 0.25) is 5.17 Å². The van der Waals surface area contributed by atoms with Gasteiger partial charge in [0, 0.05) is 10.9 Å². The molecule has 6 nitrogen and oxygen atoms in total. The maximum atomic E-state index is 12.5. The summed E-state index contributed by atoms with van der Waals surface area (Å²) in [5.41, 5.74) is 4.61. The Morgan fingerprint density at radius 2 is 1.85 bits per heavy atom. The van der Waals surface area contributed by atoms with Crippen LogP contribution in [-0.2, 0) is 0 Å². The van der Waals surface area contributed by atoms with E-state index in [0.29, 0.717) is 16.8 Å². The van der Waals surface area contributed by atoms with Gasteiger partial charge >= 0.3 is 6.36 Å². The van der Waals surface area contributed by atoms with Crippen molar-refractivity contribution in [3.8, 4) is 5.75 Å². The van der Waals surface area contributed by atoms with Gasteiger partial charge in [-0.05, 0) is 64.9 Å². The number of amidine groups is 1. The lowest BCUT2D eigenvalue weighted by molar-refractivity contribution is -0.274. The molecule has 204 valence electrons. The number of nitrogens with zero attached hydrogens (tertiary/aromatic N) is 5. The molecule has 0 bridgehead atoms. The molecule has 1 aliphatic heterocycles. The fourth-order valence-corrected chi connectivity index (χ4v) is 4.84. The normalized spacial score (nSPS) is 17.2. The van der Waals surface area contributed by atoms with E-state index in [2.05, 4.69) is 39.9 Å². The lowest BCUT2D eigenvalue weighted by atomic mass is 9.99. The van der Waals surface area contributed by atoms with Gasteiger partial charge in [-0.1, -0.05) is 68.1 Å². The van der Waals surface area contributed by atoms with Crippen LogP contribution < -0.4 is 20.1 Å². The summed E-state index contributed by atoms with van der Waals surface area (Å²) in [5.74, 6) is 0.0839. The number of ether oxygens (including phenoxy) is 1. The Morgan fingerprint density at radius 1 is 1.07 bits per heavy atom. The predicted molar refractivity (Wildman–Crippen MR) is 156 cm³/mol. The minimum absolute atomic E-state index is 0.162. The van der Waals surface area contributed by atoms with Crippen molar-refractivity contribution in [2.45, 2.75) is 32.2 Å². The Morgan fingerprint density at radius 3 is 2.58 bits per heavy atom. The van der Waals surface area contributed by atoms with Crippen LogP contribution in [0.3, 0.4) is 0 Å². The second-order valence-corrected chi connectivity index (χ2v) is 10.2. The van der Waals surface area contributed by atoms with E-state index < -0.39 is 6.36 Å². The quantitative estimate of drug-likeness (QED) is 0.191. The highest BCUT2D eigenvalue weighted by atomic mass is 32.2. The Balaban J connectivity index is 1.35. The van der Waals surface area contributed by atoms with Gasteiger partial charge < -0.3 is 9.64 Å². The van der Waals surface area contributed by atoms with Crippen LogP contribution >= 0.6 is 11.8 Å². The zero-order chi connectivity index (χ0) is 28.3. The van der Waals surface area contributed by atoms with Crippen LogP contribution in [0.1, 0.15) is 30.9 Å². The summed E-state index contributed by atoms with van der Waals surface area (Å²) in [6, 6.07) is 19.6. The molecule has 1 unspecified atom stereocenters. The van der Waals surface area contributed by atoms with E-state index in [1.54, 1.807) is 24.7 Å². The minimum atomic E-state index is -4.73. The fraction of sp³-hybridized carbons (Fsp3) is 0.200. The number of thioether (sulfide) groups is 1. The maximum absolute atomic E-state index is 12.5. The number of halogens is 3. The molecule has 1 atom stereocenters. The van der Waals surface area contributed by atoms with Crippen LogP contribution in [0.15, 0.2) is 93.0 Å². The van der Waals surface area contributed by atoms with Crippen molar-refractivity contribution >= 4 is 52.6 Å². The van der Waals surface area contributed by atoms with E-state index in [0.717, 1.165) is 32.9 Å². The number of benzene rings is 3. The van der Waals surface area contributed by atoms with Crippen molar-refractivity contribution in [2.24, 2.45) is 20.2 Å². The zero-order valence-corrected chi connectivity index (χ0v) is 22.8. The summed E-state index contributed by atoms with van der Waals surface area (Å²) in [6.45, 7) is 4.27. The smallest absolute Gasteiger partial charge is 0.406 e. The van der Waals surface area contributed by atoms with E-state index in [-0.39, 0.29) is 11.8 Å². The molecule has 5 rings (SSSR count). The molecule has 0 radical (unpaired) electrons. The van der Waals surface area contributed by atoms with Crippen LogP contribution in [0.5, 0.6) is 5.75 Å². The number of hydrogen-bond acceptors (Lipinski definition) is 6. The summed E-state index contributed by atoms with van der Waals surface area (Å²) in [7, 11) is 0. The first-order valence-electron chi connectivity index (χ1n) is 12.6. The molecule has 0 amide bonds. The second kappa shape index (κ2) is 11.5. The highest BCUT2D eigenvalue weighted by Crippen LogP contribution is 2.31. The van der Waals surface area contributed by atoms with Gasteiger partial charge in [0.15, 0.2) is 0 Å². The van der Waals surface area contributed by atoms with Crippen LogP contribution in [0, 0.1) is 0 Å². The van der Waals surface area contributed by atoms with Gasteiger partial charge in [0.1, 0.15) is 5.75 Å². The molecule has 0 fully saturated rings. The van der Waals surface area contributed by atoms with Gasteiger partial charge in [0.05, 0.1) is 30.0 Å². The average molecular weight is 562 g/mol. The highest BCUT2D eigenvalue weighted by Gasteiger charge is 2.31. The van der Waals surface area contributed by atoms with Gasteiger partial charge in [-0.25, -0.2) is 9.98 Å². The lowest BCUT2D eigenvalue weighted by Crippen LogP contribution is -2.33. The molecule has 0 spiro atoms. The maximum Gasteiger partial charge on any atom is 0.573 e. The zero-order valence-electron chi connectivity index (χ0n) is 22.0. The molecular weight excluding hydrogens is 535 g/mol. The van der Waals surface area contributed by atoms with Crippen LogP contribution in [0.2, 0.25) is 0 Å². The number of alkyl halides is 3.